The van der Waals surface area contributed by atoms with Gasteiger partial charge in [-0.3, -0.25) is 4.79 Å². The number of carbonyl (C=O) groups is 1. The highest BCUT2D eigenvalue weighted by Crippen LogP contribution is 2.27. The summed E-state index contributed by atoms with van der Waals surface area (Å²) in [5.41, 5.74) is 6.04. The van der Waals surface area contributed by atoms with Crippen molar-refractivity contribution in [2.24, 2.45) is 5.92 Å². The largest absolute Gasteiger partial charge is 0.338 e. The Balaban J connectivity index is 1.25. The lowest BCUT2D eigenvalue weighted by atomic mass is 10.0. The lowest BCUT2D eigenvalue weighted by Gasteiger charge is -2.33. The first-order chi connectivity index (χ1) is 16.5. The number of carbonyl (C=O) groups excluding carboxylic acids is 1. The van der Waals surface area contributed by atoms with Crippen LogP contribution in [-0.4, -0.2) is 65.4 Å². The van der Waals surface area contributed by atoms with Crippen LogP contribution in [0.15, 0.2) is 72.8 Å². The Kier molecular flexibility index (Phi) is 6.43. The van der Waals surface area contributed by atoms with E-state index >= 15 is 0 Å². The second-order valence-corrected chi connectivity index (χ2v) is 9.25. The van der Waals surface area contributed by atoms with Gasteiger partial charge in [-0.1, -0.05) is 55.5 Å². The second kappa shape index (κ2) is 9.79. The number of anilines is 1. The van der Waals surface area contributed by atoms with E-state index in [1.165, 1.54) is 0 Å². The topological polar surface area (TPSA) is 64.3 Å². The number of nitrogens with one attached hydrogen (secondary N) is 2. The van der Waals surface area contributed by atoms with Crippen LogP contribution in [0.4, 0.5) is 5.69 Å². The number of fused-ring (bicyclic) bond motifs is 1. The van der Waals surface area contributed by atoms with Crippen LogP contribution in [0, 0.1) is 5.92 Å². The van der Waals surface area contributed by atoms with Gasteiger partial charge in [0.15, 0.2) is 0 Å². The van der Waals surface area contributed by atoms with Gasteiger partial charge in [-0.25, -0.2) is 4.98 Å². The van der Waals surface area contributed by atoms with Gasteiger partial charge in [-0.2, -0.15) is 0 Å². The van der Waals surface area contributed by atoms with Crippen molar-refractivity contribution < 1.29 is 4.79 Å². The minimum absolute atomic E-state index is 0.0600. The zero-order chi connectivity index (χ0) is 23.5. The van der Waals surface area contributed by atoms with Crippen LogP contribution in [0.5, 0.6) is 0 Å². The van der Waals surface area contributed by atoms with Gasteiger partial charge in [-0.05, 0) is 42.4 Å². The third-order valence-electron chi connectivity index (χ3n) is 6.59. The standard InChI is InChI=1S/C28H31N5O/c1-20(19-33-16-14-32(2)15-17-33)28(34)29-24-7-5-6-23(18-24)21-10-12-22(13-11-21)27-30-25-8-3-4-9-26(25)31-27/h3-13,18,20H,14-17,19H2,1-2H3,(H,29,34)(H,30,31). The number of para-hydroxylation sites is 2. The van der Waals surface area contributed by atoms with Gasteiger partial charge in [0.05, 0.1) is 11.0 Å². The number of piperazine rings is 1. The van der Waals surface area contributed by atoms with Crippen LogP contribution in [0.25, 0.3) is 33.5 Å². The number of hydrogen-bond donors (Lipinski definition) is 2. The molecule has 2 heterocycles. The van der Waals surface area contributed by atoms with E-state index in [9.17, 15) is 4.79 Å². The minimum Gasteiger partial charge on any atom is -0.338 e. The quantitative estimate of drug-likeness (QED) is 0.443. The molecule has 1 saturated heterocycles. The molecule has 0 spiro atoms. The first-order valence-corrected chi connectivity index (χ1v) is 11.9. The molecule has 2 N–H and O–H groups in total. The molecule has 1 fully saturated rings. The first-order valence-electron chi connectivity index (χ1n) is 11.9. The Hall–Kier alpha value is -3.48. The Morgan fingerprint density at radius 1 is 0.941 bits per heavy atom. The van der Waals surface area contributed by atoms with E-state index in [4.69, 9.17) is 0 Å². The molecule has 1 aliphatic rings. The third kappa shape index (κ3) is 5.03. The van der Waals surface area contributed by atoms with Crippen LogP contribution < -0.4 is 5.32 Å². The van der Waals surface area contributed by atoms with Gasteiger partial charge >= 0.3 is 0 Å². The number of aromatic amines is 1. The van der Waals surface area contributed by atoms with E-state index in [1.54, 1.807) is 0 Å². The Bertz CT molecular complexity index is 1240. The summed E-state index contributed by atoms with van der Waals surface area (Å²) < 4.78 is 0. The monoisotopic (exact) mass is 453 g/mol. The molecule has 1 aromatic heterocycles. The van der Waals surface area contributed by atoms with E-state index in [0.717, 1.165) is 72.0 Å². The first kappa shape index (κ1) is 22.3. The fourth-order valence-corrected chi connectivity index (χ4v) is 4.45. The maximum atomic E-state index is 12.8. The second-order valence-electron chi connectivity index (χ2n) is 9.25. The molecule has 4 aromatic rings. The van der Waals surface area contributed by atoms with E-state index in [0.29, 0.717) is 0 Å². The van der Waals surface area contributed by atoms with Crippen molar-refractivity contribution in [2.45, 2.75) is 6.92 Å². The molecule has 0 aliphatic carbocycles. The van der Waals surface area contributed by atoms with Gasteiger partial charge in [0.2, 0.25) is 5.91 Å². The van der Waals surface area contributed by atoms with Crippen molar-refractivity contribution >= 4 is 22.6 Å². The van der Waals surface area contributed by atoms with Crippen LogP contribution in [-0.2, 0) is 4.79 Å². The Morgan fingerprint density at radius 2 is 1.68 bits per heavy atom. The van der Waals surface area contributed by atoms with Crippen molar-refractivity contribution in [3.8, 4) is 22.5 Å². The van der Waals surface area contributed by atoms with E-state index in [-0.39, 0.29) is 11.8 Å². The molecule has 1 unspecified atom stereocenters. The number of H-pyrrole nitrogens is 1. The van der Waals surface area contributed by atoms with Gasteiger partial charge in [0.1, 0.15) is 5.82 Å². The highest BCUT2D eigenvalue weighted by atomic mass is 16.1. The summed E-state index contributed by atoms with van der Waals surface area (Å²) in [6, 6.07) is 24.4. The van der Waals surface area contributed by atoms with Gasteiger partial charge in [0.25, 0.3) is 0 Å². The minimum atomic E-state index is -0.0600. The molecule has 5 rings (SSSR count). The molecule has 6 nitrogen and oxygen atoms in total. The number of aromatic nitrogens is 2. The molecule has 1 atom stereocenters. The van der Waals surface area contributed by atoms with Crippen LogP contribution >= 0.6 is 0 Å². The summed E-state index contributed by atoms with van der Waals surface area (Å²) in [6.45, 7) is 6.97. The van der Waals surface area contributed by atoms with Gasteiger partial charge in [-0.15, -0.1) is 0 Å². The molecule has 1 amide bonds. The van der Waals surface area contributed by atoms with Crippen molar-refractivity contribution in [1.29, 1.82) is 0 Å². The van der Waals surface area contributed by atoms with Crippen LogP contribution in [0.2, 0.25) is 0 Å². The number of imidazole rings is 1. The van der Waals surface area contributed by atoms with Crippen molar-refractivity contribution in [3.63, 3.8) is 0 Å². The van der Waals surface area contributed by atoms with E-state index < -0.39 is 0 Å². The molecule has 34 heavy (non-hydrogen) atoms. The summed E-state index contributed by atoms with van der Waals surface area (Å²) in [5.74, 6) is 0.870. The molecule has 0 saturated carbocycles. The highest BCUT2D eigenvalue weighted by molar-refractivity contribution is 5.93. The molecule has 3 aromatic carbocycles. The summed E-state index contributed by atoms with van der Waals surface area (Å²) >= 11 is 0. The lowest BCUT2D eigenvalue weighted by Crippen LogP contribution is -2.47. The molecular formula is C28H31N5O. The normalized spacial score (nSPS) is 15.9. The molecule has 1 aliphatic heterocycles. The molecular weight excluding hydrogens is 422 g/mol. The number of hydrogen-bond acceptors (Lipinski definition) is 4. The summed E-state index contributed by atoms with van der Waals surface area (Å²) in [6.07, 6.45) is 0. The van der Waals surface area contributed by atoms with Gasteiger partial charge < -0.3 is 20.1 Å². The molecule has 174 valence electrons. The summed E-state index contributed by atoms with van der Waals surface area (Å²) in [4.78, 5) is 25.6. The Labute approximate surface area is 200 Å². The van der Waals surface area contributed by atoms with Gasteiger partial charge in [0, 0.05) is 49.9 Å². The average Bonchev–Trinajstić information content (AvgIpc) is 3.30. The van der Waals surface area contributed by atoms with Crippen molar-refractivity contribution in [1.82, 2.24) is 19.8 Å². The third-order valence-corrected chi connectivity index (χ3v) is 6.59. The summed E-state index contributed by atoms with van der Waals surface area (Å²) in [7, 11) is 2.15. The Morgan fingerprint density at radius 3 is 2.44 bits per heavy atom. The SMILES string of the molecule is CC(CN1CCN(C)CC1)C(=O)Nc1cccc(-c2ccc(-c3nc4ccccc4[nH]3)cc2)c1. The zero-order valence-corrected chi connectivity index (χ0v) is 19.8. The van der Waals surface area contributed by atoms with Crippen LogP contribution in [0.3, 0.4) is 0 Å². The van der Waals surface area contributed by atoms with E-state index in [1.807, 2.05) is 49.4 Å². The number of benzene rings is 3. The summed E-state index contributed by atoms with van der Waals surface area (Å²) in [5, 5.41) is 3.11. The zero-order valence-electron chi connectivity index (χ0n) is 19.8. The maximum absolute atomic E-state index is 12.8. The number of amides is 1. The average molecular weight is 454 g/mol. The van der Waals surface area contributed by atoms with Crippen LogP contribution in [0.1, 0.15) is 6.92 Å². The number of nitrogens with zero attached hydrogens (tertiary/aromatic N) is 3. The molecule has 6 heteroatoms. The smallest absolute Gasteiger partial charge is 0.228 e. The molecule has 0 radical (unpaired) electrons. The van der Waals surface area contributed by atoms with Crippen molar-refractivity contribution in [3.05, 3.63) is 72.8 Å². The fourth-order valence-electron chi connectivity index (χ4n) is 4.45. The number of likely N-dealkylation sites (N-methyl/N-ethyl adjacent to an activating group) is 1. The fraction of sp³-hybridized carbons (Fsp3) is 0.286. The molecule has 0 bridgehead atoms. The number of rotatable bonds is 6. The van der Waals surface area contributed by atoms with E-state index in [2.05, 4.69) is 62.5 Å². The lowest BCUT2D eigenvalue weighted by molar-refractivity contribution is -0.120. The maximum Gasteiger partial charge on any atom is 0.228 e. The van der Waals surface area contributed by atoms with Crippen molar-refractivity contribution in [2.75, 3.05) is 45.1 Å². The predicted molar refractivity (Wildman–Crippen MR) is 139 cm³/mol. The predicted octanol–water partition coefficient (Wildman–Crippen LogP) is 4.72. The highest BCUT2D eigenvalue weighted by Gasteiger charge is 2.20.